The van der Waals surface area contributed by atoms with Crippen molar-refractivity contribution in [2.75, 3.05) is 5.32 Å². The van der Waals surface area contributed by atoms with Crippen molar-refractivity contribution >= 4 is 56.5 Å². The monoisotopic (exact) mass is 470 g/mol. The van der Waals surface area contributed by atoms with E-state index in [0.29, 0.717) is 0 Å². The van der Waals surface area contributed by atoms with E-state index in [2.05, 4.69) is 110 Å². The van der Waals surface area contributed by atoms with E-state index in [1.54, 1.807) is 34.9 Å². The molecule has 5 rings (SSSR count). The van der Waals surface area contributed by atoms with E-state index >= 15 is 0 Å². The first-order valence-electron chi connectivity index (χ1n) is 10.4. The summed E-state index contributed by atoms with van der Waals surface area (Å²) in [5, 5.41) is 7.93. The first-order valence-corrected chi connectivity index (χ1v) is 12.8. The third-order valence-electron chi connectivity index (χ3n) is 5.03. The molecule has 0 saturated heterocycles. The second kappa shape index (κ2) is 9.41. The molecule has 0 aliphatic rings. The largest absolute Gasteiger partial charge is 0.331 e. The number of rotatable bonds is 6. The molecule has 0 amide bonds. The van der Waals surface area contributed by atoms with Crippen LogP contribution in [0.4, 0.5) is 10.8 Å². The molecule has 0 aliphatic heterocycles. The summed E-state index contributed by atoms with van der Waals surface area (Å²) in [6.07, 6.45) is 0. The number of anilines is 2. The molecule has 4 aromatic carbocycles. The summed E-state index contributed by atoms with van der Waals surface area (Å²) in [5.41, 5.74) is 3.59. The summed E-state index contributed by atoms with van der Waals surface area (Å²) < 4.78 is 1.20. The van der Waals surface area contributed by atoms with E-state index < -0.39 is 0 Å². The zero-order chi connectivity index (χ0) is 21.9. The molecule has 1 heterocycles. The Labute approximate surface area is 201 Å². The summed E-state index contributed by atoms with van der Waals surface area (Å²) >= 11 is 5.19. The average Bonchev–Trinajstić information content (AvgIpc) is 3.17. The number of benzene rings is 4. The van der Waals surface area contributed by atoms with Gasteiger partial charge < -0.3 is 5.32 Å². The van der Waals surface area contributed by atoms with Gasteiger partial charge in [-0.05, 0) is 61.0 Å². The maximum absolute atomic E-state index is 4.97. The fourth-order valence-corrected chi connectivity index (χ4v) is 6.50. The van der Waals surface area contributed by atoms with E-state index in [0.717, 1.165) is 15.8 Å². The van der Waals surface area contributed by atoms with Crippen LogP contribution in [0.1, 0.15) is 11.1 Å². The molecule has 0 bridgehead atoms. The minimum atomic E-state index is 0.907. The highest BCUT2D eigenvalue weighted by Crippen LogP contribution is 2.44. The van der Waals surface area contributed by atoms with Crippen LogP contribution in [-0.4, -0.2) is 4.98 Å². The van der Waals surface area contributed by atoms with Gasteiger partial charge in [-0.15, -0.1) is 0 Å². The van der Waals surface area contributed by atoms with Crippen LogP contribution in [0.3, 0.4) is 0 Å². The number of fused-ring (bicyclic) bond motifs is 1. The molecule has 5 heteroatoms. The Morgan fingerprint density at radius 3 is 2.00 bits per heavy atom. The predicted molar refractivity (Wildman–Crippen MR) is 140 cm³/mol. The van der Waals surface area contributed by atoms with Crippen LogP contribution in [0.5, 0.6) is 0 Å². The number of thiazole rings is 1. The lowest BCUT2D eigenvalue weighted by Gasteiger charge is -2.04. The first-order chi connectivity index (χ1) is 15.6. The van der Waals surface area contributed by atoms with Crippen molar-refractivity contribution in [3.05, 3.63) is 102 Å². The van der Waals surface area contributed by atoms with Crippen LogP contribution in [-0.2, 0) is 0 Å². The lowest BCUT2D eigenvalue weighted by Crippen LogP contribution is -1.89. The maximum atomic E-state index is 4.97. The topological polar surface area (TPSA) is 24.9 Å². The van der Waals surface area contributed by atoms with E-state index in [9.17, 15) is 0 Å². The molecule has 5 aromatic rings. The SMILES string of the molecule is Cc1ccc(Sc2nc(Nc3ccc4ccccc4c3)sc2Sc2ccc(C)cc2)cc1. The molecule has 2 nitrogen and oxygen atoms in total. The molecule has 1 aromatic heterocycles. The number of aromatic nitrogens is 1. The van der Waals surface area contributed by atoms with Crippen molar-refractivity contribution < 1.29 is 0 Å². The highest BCUT2D eigenvalue weighted by molar-refractivity contribution is 8.03. The van der Waals surface area contributed by atoms with Crippen molar-refractivity contribution in [2.45, 2.75) is 32.9 Å². The van der Waals surface area contributed by atoms with Gasteiger partial charge in [-0.3, -0.25) is 0 Å². The Kier molecular flexibility index (Phi) is 6.21. The standard InChI is InChI=1S/C27H22N2S3/c1-18-7-13-23(14-8-18)30-25-26(31-24-15-9-19(2)10-16-24)32-27(29-25)28-22-12-11-20-5-3-4-6-21(20)17-22/h3-17H,1-2H3,(H,28,29). The van der Waals surface area contributed by atoms with Gasteiger partial charge in [-0.1, -0.05) is 101 Å². The van der Waals surface area contributed by atoms with Gasteiger partial charge in [0.25, 0.3) is 0 Å². The molecule has 0 saturated carbocycles. The quantitative estimate of drug-likeness (QED) is 0.268. The van der Waals surface area contributed by atoms with Crippen molar-refractivity contribution in [3.63, 3.8) is 0 Å². The fraction of sp³-hybridized carbons (Fsp3) is 0.0741. The fourth-order valence-electron chi connectivity index (χ4n) is 3.30. The van der Waals surface area contributed by atoms with Crippen molar-refractivity contribution in [3.8, 4) is 0 Å². The Hall–Kier alpha value is -2.73. The third kappa shape index (κ3) is 5.01. The number of hydrogen-bond donors (Lipinski definition) is 1. The van der Waals surface area contributed by atoms with Crippen LogP contribution in [0, 0.1) is 13.8 Å². The number of nitrogens with one attached hydrogen (secondary N) is 1. The second-order valence-corrected chi connectivity index (χ2v) is 11.0. The molecule has 0 radical (unpaired) electrons. The number of aryl methyl sites for hydroxylation is 2. The van der Waals surface area contributed by atoms with Crippen molar-refractivity contribution in [1.82, 2.24) is 4.98 Å². The van der Waals surface area contributed by atoms with Crippen LogP contribution >= 0.6 is 34.9 Å². The summed E-state index contributed by atoms with van der Waals surface area (Å²) in [6.45, 7) is 4.23. The van der Waals surface area contributed by atoms with E-state index in [-0.39, 0.29) is 0 Å². The molecule has 0 aliphatic carbocycles. The highest BCUT2D eigenvalue weighted by Gasteiger charge is 2.15. The number of nitrogens with zero attached hydrogens (tertiary/aromatic N) is 1. The van der Waals surface area contributed by atoms with Crippen molar-refractivity contribution in [2.24, 2.45) is 0 Å². The Morgan fingerprint density at radius 2 is 1.31 bits per heavy atom. The summed E-state index contributed by atoms with van der Waals surface area (Å²) in [6, 6.07) is 32.1. The zero-order valence-corrected chi connectivity index (χ0v) is 20.3. The molecular formula is C27H22N2S3. The summed E-state index contributed by atoms with van der Waals surface area (Å²) in [7, 11) is 0. The van der Waals surface area contributed by atoms with Gasteiger partial charge in [-0.2, -0.15) is 0 Å². The van der Waals surface area contributed by atoms with E-state index in [1.165, 1.54) is 35.9 Å². The van der Waals surface area contributed by atoms with Crippen LogP contribution < -0.4 is 5.32 Å². The molecule has 0 fully saturated rings. The minimum Gasteiger partial charge on any atom is -0.331 e. The van der Waals surface area contributed by atoms with Crippen LogP contribution in [0.15, 0.2) is 110 Å². The molecule has 158 valence electrons. The van der Waals surface area contributed by atoms with Crippen LogP contribution in [0.2, 0.25) is 0 Å². The van der Waals surface area contributed by atoms with Gasteiger partial charge >= 0.3 is 0 Å². The summed E-state index contributed by atoms with van der Waals surface area (Å²) in [4.78, 5) is 7.39. The Balaban J connectivity index is 1.45. The minimum absolute atomic E-state index is 0.907. The lowest BCUT2D eigenvalue weighted by atomic mass is 10.1. The lowest BCUT2D eigenvalue weighted by molar-refractivity contribution is 1.13. The van der Waals surface area contributed by atoms with Gasteiger partial charge in [-0.25, -0.2) is 4.98 Å². The third-order valence-corrected chi connectivity index (χ3v) is 8.44. The van der Waals surface area contributed by atoms with Crippen molar-refractivity contribution in [1.29, 1.82) is 0 Å². The van der Waals surface area contributed by atoms with Gasteiger partial charge in [0.15, 0.2) is 5.13 Å². The number of hydrogen-bond acceptors (Lipinski definition) is 5. The average molecular weight is 471 g/mol. The van der Waals surface area contributed by atoms with E-state index in [1.807, 2.05) is 0 Å². The molecule has 0 atom stereocenters. The molecule has 1 N–H and O–H groups in total. The Morgan fingerprint density at radius 1 is 0.688 bits per heavy atom. The molecule has 0 unspecified atom stereocenters. The highest BCUT2D eigenvalue weighted by atomic mass is 32.2. The maximum Gasteiger partial charge on any atom is 0.189 e. The molecule has 0 spiro atoms. The van der Waals surface area contributed by atoms with Gasteiger partial charge in [0.2, 0.25) is 0 Å². The smallest absolute Gasteiger partial charge is 0.189 e. The van der Waals surface area contributed by atoms with Crippen LogP contribution in [0.25, 0.3) is 10.8 Å². The normalized spacial score (nSPS) is 11.1. The zero-order valence-electron chi connectivity index (χ0n) is 17.8. The predicted octanol–water partition coefficient (Wildman–Crippen LogP) is 8.96. The molecule has 32 heavy (non-hydrogen) atoms. The Bertz CT molecular complexity index is 1290. The summed E-state index contributed by atoms with van der Waals surface area (Å²) in [5.74, 6) is 0. The van der Waals surface area contributed by atoms with Gasteiger partial charge in [0.05, 0.1) is 0 Å². The van der Waals surface area contributed by atoms with Gasteiger partial charge in [0, 0.05) is 15.5 Å². The van der Waals surface area contributed by atoms with Gasteiger partial charge in [0.1, 0.15) is 9.24 Å². The van der Waals surface area contributed by atoms with E-state index in [4.69, 9.17) is 4.98 Å². The first kappa shape index (κ1) is 21.1. The second-order valence-electron chi connectivity index (χ2n) is 7.63. The molecular weight excluding hydrogens is 449 g/mol.